The predicted molar refractivity (Wildman–Crippen MR) is 113 cm³/mol. The van der Waals surface area contributed by atoms with Crippen LogP contribution in [0.4, 0.5) is 33.3 Å². The molecule has 0 spiro atoms. The number of carbonyl (C=O) groups excluding carboxylic acids is 1. The van der Waals surface area contributed by atoms with Crippen molar-refractivity contribution in [2.45, 2.75) is 25.1 Å². The molecule has 0 aliphatic heterocycles. The molecule has 1 unspecified atom stereocenters. The Morgan fingerprint density at radius 1 is 1.09 bits per heavy atom. The second-order valence-electron chi connectivity index (χ2n) is 6.85. The Morgan fingerprint density at radius 3 is 2.28 bits per heavy atom. The molecule has 0 saturated heterocycles. The van der Waals surface area contributed by atoms with Crippen molar-refractivity contribution in [1.29, 1.82) is 0 Å². The van der Waals surface area contributed by atoms with Crippen LogP contribution in [0.15, 0.2) is 59.2 Å². The van der Waals surface area contributed by atoms with Gasteiger partial charge in [-0.3, -0.25) is 9.79 Å². The Hall–Kier alpha value is -3.63. The zero-order chi connectivity index (χ0) is 23.9. The van der Waals surface area contributed by atoms with E-state index in [2.05, 4.69) is 15.6 Å². The van der Waals surface area contributed by atoms with E-state index < -0.39 is 36.2 Å². The van der Waals surface area contributed by atoms with E-state index in [9.17, 15) is 26.7 Å². The average Bonchev–Trinajstić information content (AvgIpc) is 2.70. The van der Waals surface area contributed by atoms with Crippen molar-refractivity contribution in [1.82, 2.24) is 0 Å². The van der Waals surface area contributed by atoms with Crippen LogP contribution in [0.5, 0.6) is 0 Å². The molecule has 11 heteroatoms. The van der Waals surface area contributed by atoms with Crippen LogP contribution in [0.25, 0.3) is 0 Å². The lowest BCUT2D eigenvalue weighted by Crippen LogP contribution is -2.39. The van der Waals surface area contributed by atoms with E-state index in [4.69, 9.17) is 11.5 Å². The Bertz CT molecular complexity index is 1000. The van der Waals surface area contributed by atoms with Crippen molar-refractivity contribution >= 4 is 23.1 Å². The first-order valence-electron chi connectivity index (χ1n) is 9.33. The summed E-state index contributed by atoms with van der Waals surface area (Å²) in [5, 5.41) is 4.40. The summed E-state index contributed by atoms with van der Waals surface area (Å²) < 4.78 is 67.3. The number of nitrogens with two attached hydrogens (primary N) is 2. The summed E-state index contributed by atoms with van der Waals surface area (Å²) in [6.07, 6.45) is -4.33. The SMILES string of the molecule is CN=C(N)C=C(N)Cc1ccc(NC(=O)CC(Nc2ccc(F)cc2)C(F)(F)F)cc1F. The molecular formula is C21H22F5N5O. The van der Waals surface area contributed by atoms with Crippen molar-refractivity contribution in [3.63, 3.8) is 0 Å². The van der Waals surface area contributed by atoms with Gasteiger partial charge in [-0.05, 0) is 48.0 Å². The number of halogens is 5. The number of allylic oxidation sites excluding steroid dienone is 1. The van der Waals surface area contributed by atoms with Gasteiger partial charge in [0, 0.05) is 30.5 Å². The maximum absolute atomic E-state index is 14.3. The summed E-state index contributed by atoms with van der Waals surface area (Å²) in [7, 11) is 1.47. The molecule has 0 aliphatic rings. The van der Waals surface area contributed by atoms with Crippen molar-refractivity contribution in [2.75, 3.05) is 17.7 Å². The number of benzene rings is 2. The van der Waals surface area contributed by atoms with Crippen LogP contribution in [-0.2, 0) is 11.2 Å². The molecule has 0 radical (unpaired) electrons. The minimum absolute atomic E-state index is 0.00341. The van der Waals surface area contributed by atoms with Gasteiger partial charge in [-0.1, -0.05) is 6.07 Å². The van der Waals surface area contributed by atoms with Gasteiger partial charge in [0.25, 0.3) is 0 Å². The highest BCUT2D eigenvalue weighted by molar-refractivity contribution is 5.92. The second-order valence-corrected chi connectivity index (χ2v) is 6.85. The second kappa shape index (κ2) is 10.6. The lowest BCUT2D eigenvalue weighted by molar-refractivity contribution is -0.148. The Morgan fingerprint density at radius 2 is 1.72 bits per heavy atom. The van der Waals surface area contributed by atoms with Gasteiger partial charge >= 0.3 is 6.18 Å². The number of carbonyl (C=O) groups is 1. The van der Waals surface area contributed by atoms with E-state index >= 15 is 0 Å². The molecule has 172 valence electrons. The fourth-order valence-electron chi connectivity index (χ4n) is 2.69. The maximum Gasteiger partial charge on any atom is 0.409 e. The molecule has 2 rings (SSSR count). The first-order chi connectivity index (χ1) is 15.0. The molecule has 32 heavy (non-hydrogen) atoms. The van der Waals surface area contributed by atoms with E-state index in [1.54, 1.807) is 0 Å². The fourth-order valence-corrected chi connectivity index (χ4v) is 2.69. The number of anilines is 2. The number of rotatable bonds is 8. The van der Waals surface area contributed by atoms with Gasteiger partial charge < -0.3 is 22.1 Å². The zero-order valence-corrected chi connectivity index (χ0v) is 17.0. The topological polar surface area (TPSA) is 106 Å². The molecule has 0 bridgehead atoms. The highest BCUT2D eigenvalue weighted by Crippen LogP contribution is 2.27. The van der Waals surface area contributed by atoms with Crippen LogP contribution in [0.2, 0.25) is 0 Å². The van der Waals surface area contributed by atoms with Crippen LogP contribution in [0.1, 0.15) is 12.0 Å². The lowest BCUT2D eigenvalue weighted by Gasteiger charge is -2.22. The number of aliphatic imine (C=N–C) groups is 1. The summed E-state index contributed by atoms with van der Waals surface area (Å²) in [5.41, 5.74) is 11.7. The highest BCUT2D eigenvalue weighted by atomic mass is 19.4. The smallest absolute Gasteiger partial charge is 0.402 e. The van der Waals surface area contributed by atoms with Crippen molar-refractivity contribution in [3.8, 4) is 0 Å². The molecule has 0 aliphatic carbocycles. The lowest BCUT2D eigenvalue weighted by atomic mass is 10.1. The normalized spacial score (nSPS) is 13.6. The third-order valence-corrected chi connectivity index (χ3v) is 4.29. The van der Waals surface area contributed by atoms with Crippen LogP contribution in [-0.4, -0.2) is 31.0 Å². The summed E-state index contributed by atoms with van der Waals surface area (Å²) in [5.74, 6) is -2.13. The number of nitrogens with zero attached hydrogens (tertiary/aromatic N) is 1. The molecule has 0 aromatic heterocycles. The molecule has 1 atom stereocenters. The van der Waals surface area contributed by atoms with Crippen molar-refractivity contribution in [2.24, 2.45) is 16.5 Å². The molecule has 6 N–H and O–H groups in total. The number of nitrogens with one attached hydrogen (secondary N) is 2. The van der Waals surface area contributed by atoms with E-state index in [1.807, 2.05) is 0 Å². The van der Waals surface area contributed by atoms with Gasteiger partial charge in [0.1, 0.15) is 23.5 Å². The molecule has 2 aromatic rings. The first kappa shape index (κ1) is 24.6. The molecule has 6 nitrogen and oxygen atoms in total. The standard InChI is InChI=1S/C21H22F5N5O/c1-29-19(28)9-14(27)8-12-2-5-16(10-17(12)23)31-20(32)11-18(21(24,25)26)30-15-6-3-13(22)4-7-15/h2-7,9-10,18,30H,8,11,27H2,1H3,(H2,28,29)(H,31,32). The van der Waals surface area contributed by atoms with Gasteiger partial charge in [-0.15, -0.1) is 0 Å². The van der Waals surface area contributed by atoms with E-state index in [0.29, 0.717) is 0 Å². The molecule has 0 heterocycles. The van der Waals surface area contributed by atoms with Crippen molar-refractivity contribution in [3.05, 3.63) is 71.4 Å². The Balaban J connectivity index is 2.05. The molecule has 2 aromatic carbocycles. The Kier molecular flexibility index (Phi) is 8.16. The monoisotopic (exact) mass is 455 g/mol. The average molecular weight is 455 g/mol. The van der Waals surface area contributed by atoms with E-state index in [-0.39, 0.29) is 34.9 Å². The number of hydrogen-bond acceptors (Lipinski definition) is 4. The first-order valence-corrected chi connectivity index (χ1v) is 9.33. The highest BCUT2D eigenvalue weighted by Gasteiger charge is 2.41. The number of amides is 1. The summed E-state index contributed by atoms with van der Waals surface area (Å²) in [6, 6.07) is 5.68. The van der Waals surface area contributed by atoms with Crippen LogP contribution < -0.4 is 22.1 Å². The molecule has 0 fully saturated rings. The van der Waals surface area contributed by atoms with E-state index in [0.717, 1.165) is 30.3 Å². The summed E-state index contributed by atoms with van der Waals surface area (Å²) >= 11 is 0. The fraction of sp³-hybridized carbons (Fsp3) is 0.238. The third kappa shape index (κ3) is 7.56. The third-order valence-electron chi connectivity index (χ3n) is 4.29. The molecular weight excluding hydrogens is 433 g/mol. The van der Waals surface area contributed by atoms with Gasteiger partial charge in [-0.2, -0.15) is 13.2 Å². The summed E-state index contributed by atoms with van der Waals surface area (Å²) in [4.78, 5) is 15.9. The number of amidine groups is 1. The molecule has 0 saturated carbocycles. The zero-order valence-electron chi connectivity index (χ0n) is 17.0. The Labute approximate surface area is 181 Å². The van der Waals surface area contributed by atoms with Gasteiger partial charge in [0.15, 0.2) is 0 Å². The van der Waals surface area contributed by atoms with Crippen LogP contribution in [0.3, 0.4) is 0 Å². The van der Waals surface area contributed by atoms with E-state index in [1.165, 1.54) is 25.3 Å². The summed E-state index contributed by atoms with van der Waals surface area (Å²) in [6.45, 7) is 0. The van der Waals surface area contributed by atoms with Gasteiger partial charge in [0.05, 0.1) is 6.42 Å². The minimum Gasteiger partial charge on any atom is -0.402 e. The molecule has 1 amide bonds. The maximum atomic E-state index is 14.3. The number of hydrogen-bond donors (Lipinski definition) is 4. The van der Waals surface area contributed by atoms with Gasteiger partial charge in [0.2, 0.25) is 5.91 Å². The van der Waals surface area contributed by atoms with Crippen LogP contribution in [0, 0.1) is 11.6 Å². The van der Waals surface area contributed by atoms with Crippen LogP contribution >= 0.6 is 0 Å². The van der Waals surface area contributed by atoms with Crippen molar-refractivity contribution < 1.29 is 26.7 Å². The largest absolute Gasteiger partial charge is 0.409 e. The minimum atomic E-state index is -4.76. The predicted octanol–water partition coefficient (Wildman–Crippen LogP) is 3.71. The number of alkyl halides is 3. The van der Waals surface area contributed by atoms with Gasteiger partial charge in [-0.25, -0.2) is 8.78 Å². The quantitative estimate of drug-likeness (QED) is 0.277.